The SMILES string of the molecule is c1ccc(-c2nc(-c3ccccc3)n3c4ccccc4c4ccc5c(c6ccccc6n5-c5ccccc5)c4c23)cc1. The summed E-state index contributed by atoms with van der Waals surface area (Å²) in [5.41, 5.74) is 9.02. The van der Waals surface area contributed by atoms with Gasteiger partial charge in [-0.3, -0.25) is 4.40 Å². The van der Waals surface area contributed by atoms with Crippen molar-refractivity contribution in [1.82, 2.24) is 14.0 Å². The van der Waals surface area contributed by atoms with Gasteiger partial charge in [-0.15, -0.1) is 0 Å². The van der Waals surface area contributed by atoms with E-state index in [1.54, 1.807) is 0 Å². The van der Waals surface area contributed by atoms with Crippen LogP contribution in [0, 0.1) is 0 Å². The number of fused-ring (bicyclic) bond motifs is 10. The summed E-state index contributed by atoms with van der Waals surface area (Å²) in [5.74, 6) is 0.950. The van der Waals surface area contributed by atoms with Crippen LogP contribution in [0.4, 0.5) is 0 Å². The number of rotatable bonds is 3. The van der Waals surface area contributed by atoms with Gasteiger partial charge in [0.1, 0.15) is 5.82 Å². The van der Waals surface area contributed by atoms with Crippen molar-refractivity contribution in [1.29, 1.82) is 0 Å². The van der Waals surface area contributed by atoms with Crippen LogP contribution in [0.25, 0.3) is 77.3 Å². The van der Waals surface area contributed by atoms with E-state index in [2.05, 4.69) is 161 Å². The molecule has 0 N–H and O–H groups in total. The molecule has 0 aliphatic rings. The number of nitrogens with zero attached hydrogens (tertiary/aromatic N) is 3. The van der Waals surface area contributed by atoms with Crippen molar-refractivity contribution >= 4 is 49.0 Å². The monoisotopic (exact) mass is 535 g/mol. The molecule has 3 heterocycles. The van der Waals surface area contributed by atoms with Crippen molar-refractivity contribution in [2.45, 2.75) is 0 Å². The zero-order valence-electron chi connectivity index (χ0n) is 22.8. The van der Waals surface area contributed by atoms with Crippen LogP contribution in [-0.2, 0) is 0 Å². The molecule has 0 unspecified atom stereocenters. The van der Waals surface area contributed by atoms with Gasteiger partial charge in [-0.2, -0.15) is 0 Å². The molecule has 42 heavy (non-hydrogen) atoms. The highest BCUT2D eigenvalue weighted by Crippen LogP contribution is 2.44. The first kappa shape index (κ1) is 23.1. The normalized spacial score (nSPS) is 11.8. The van der Waals surface area contributed by atoms with Crippen LogP contribution in [0.3, 0.4) is 0 Å². The Bertz CT molecular complexity index is 2430. The van der Waals surface area contributed by atoms with Gasteiger partial charge in [-0.25, -0.2) is 4.98 Å². The van der Waals surface area contributed by atoms with Crippen molar-refractivity contribution in [3.63, 3.8) is 0 Å². The van der Waals surface area contributed by atoms with Crippen LogP contribution >= 0.6 is 0 Å². The van der Waals surface area contributed by atoms with Gasteiger partial charge in [0.25, 0.3) is 0 Å². The Morgan fingerprint density at radius 3 is 1.74 bits per heavy atom. The smallest absolute Gasteiger partial charge is 0.145 e. The van der Waals surface area contributed by atoms with Gasteiger partial charge < -0.3 is 4.57 Å². The molecule has 3 heteroatoms. The van der Waals surface area contributed by atoms with Gasteiger partial charge in [0, 0.05) is 38.4 Å². The molecular formula is C39H25N3. The second-order valence-corrected chi connectivity index (χ2v) is 10.8. The van der Waals surface area contributed by atoms with Crippen molar-refractivity contribution in [3.05, 3.63) is 152 Å². The summed E-state index contributed by atoms with van der Waals surface area (Å²) < 4.78 is 4.79. The van der Waals surface area contributed by atoms with E-state index in [1.807, 2.05) is 0 Å². The van der Waals surface area contributed by atoms with Crippen molar-refractivity contribution < 1.29 is 0 Å². The molecule has 196 valence electrons. The summed E-state index contributed by atoms with van der Waals surface area (Å²) in [6.45, 7) is 0. The number of para-hydroxylation sites is 3. The molecule has 6 aromatic carbocycles. The van der Waals surface area contributed by atoms with Gasteiger partial charge in [0.15, 0.2) is 0 Å². The van der Waals surface area contributed by atoms with Crippen molar-refractivity contribution in [2.75, 3.05) is 0 Å². The lowest BCUT2D eigenvalue weighted by atomic mass is 9.98. The molecule has 0 aliphatic heterocycles. The lowest BCUT2D eigenvalue weighted by molar-refractivity contribution is 1.18. The highest BCUT2D eigenvalue weighted by atomic mass is 15.0. The second-order valence-electron chi connectivity index (χ2n) is 10.8. The van der Waals surface area contributed by atoms with Crippen LogP contribution in [0.15, 0.2) is 152 Å². The summed E-state index contributed by atoms with van der Waals surface area (Å²) in [4.78, 5) is 5.44. The number of imidazole rings is 1. The van der Waals surface area contributed by atoms with E-state index >= 15 is 0 Å². The molecule has 0 aliphatic carbocycles. The molecule has 9 aromatic rings. The van der Waals surface area contributed by atoms with Gasteiger partial charge >= 0.3 is 0 Å². The van der Waals surface area contributed by atoms with Crippen LogP contribution in [0.5, 0.6) is 0 Å². The van der Waals surface area contributed by atoms with Gasteiger partial charge in [0.2, 0.25) is 0 Å². The highest BCUT2D eigenvalue weighted by molar-refractivity contribution is 6.31. The lowest BCUT2D eigenvalue weighted by Gasteiger charge is -2.13. The fourth-order valence-electron chi connectivity index (χ4n) is 6.75. The zero-order valence-corrected chi connectivity index (χ0v) is 22.8. The maximum absolute atomic E-state index is 5.44. The predicted molar refractivity (Wildman–Crippen MR) is 175 cm³/mol. The molecular weight excluding hydrogens is 510 g/mol. The number of benzene rings is 6. The second kappa shape index (κ2) is 8.92. The largest absolute Gasteiger partial charge is 0.309 e. The summed E-state index contributed by atoms with van der Waals surface area (Å²) in [5, 5.41) is 6.16. The topological polar surface area (TPSA) is 22.2 Å². The van der Waals surface area contributed by atoms with E-state index in [0.29, 0.717) is 0 Å². The van der Waals surface area contributed by atoms with Crippen LogP contribution < -0.4 is 0 Å². The highest BCUT2D eigenvalue weighted by Gasteiger charge is 2.24. The van der Waals surface area contributed by atoms with Crippen molar-refractivity contribution in [2.24, 2.45) is 0 Å². The summed E-state index contributed by atoms with van der Waals surface area (Å²) >= 11 is 0. The van der Waals surface area contributed by atoms with Crippen molar-refractivity contribution in [3.8, 4) is 28.3 Å². The number of pyridine rings is 1. The average Bonchev–Trinajstić information content (AvgIpc) is 3.63. The first-order valence-corrected chi connectivity index (χ1v) is 14.3. The van der Waals surface area contributed by atoms with Gasteiger partial charge in [0.05, 0.1) is 27.8 Å². The van der Waals surface area contributed by atoms with E-state index in [9.17, 15) is 0 Å². The third kappa shape index (κ3) is 3.19. The lowest BCUT2D eigenvalue weighted by Crippen LogP contribution is -1.95. The van der Waals surface area contributed by atoms with Crippen LogP contribution in [0.2, 0.25) is 0 Å². The Labute approximate surface area is 242 Å². The van der Waals surface area contributed by atoms with E-state index in [0.717, 1.165) is 39.4 Å². The minimum absolute atomic E-state index is 0.950. The van der Waals surface area contributed by atoms with Gasteiger partial charge in [-0.1, -0.05) is 121 Å². The Kier molecular flexibility index (Phi) is 4.90. The Hall–Kier alpha value is -5.67. The average molecular weight is 536 g/mol. The number of aromatic nitrogens is 3. The molecule has 0 atom stereocenters. The van der Waals surface area contributed by atoms with Gasteiger partial charge in [-0.05, 0) is 35.7 Å². The molecule has 0 amide bonds. The number of hydrogen-bond acceptors (Lipinski definition) is 1. The maximum Gasteiger partial charge on any atom is 0.145 e. The Balaban J connectivity index is 1.60. The minimum Gasteiger partial charge on any atom is -0.309 e. The van der Waals surface area contributed by atoms with E-state index in [4.69, 9.17) is 4.98 Å². The third-order valence-electron chi connectivity index (χ3n) is 8.48. The standard InChI is InChI=1S/C39H25N3/c1-4-14-26(15-5-1)37-38-36-30(29-20-10-12-22-32(29)42(38)39(40-37)27-16-6-2-7-17-27)24-25-34-35(36)31-21-11-13-23-33(31)41(34)28-18-8-3-9-19-28/h1-25H. The zero-order chi connectivity index (χ0) is 27.6. The number of hydrogen-bond donors (Lipinski definition) is 0. The molecule has 0 spiro atoms. The van der Waals surface area contributed by atoms with Crippen LogP contribution in [-0.4, -0.2) is 14.0 Å². The van der Waals surface area contributed by atoms with E-state index in [-0.39, 0.29) is 0 Å². The Morgan fingerprint density at radius 1 is 0.405 bits per heavy atom. The fraction of sp³-hybridized carbons (Fsp3) is 0. The van der Waals surface area contributed by atoms with E-state index in [1.165, 1.54) is 38.0 Å². The first-order chi connectivity index (χ1) is 20.9. The first-order valence-electron chi connectivity index (χ1n) is 14.3. The van der Waals surface area contributed by atoms with E-state index < -0.39 is 0 Å². The third-order valence-corrected chi connectivity index (χ3v) is 8.48. The molecule has 0 saturated carbocycles. The molecule has 0 fully saturated rings. The molecule has 0 radical (unpaired) electrons. The maximum atomic E-state index is 5.44. The summed E-state index contributed by atoms with van der Waals surface area (Å²) in [7, 11) is 0. The molecule has 9 rings (SSSR count). The predicted octanol–water partition coefficient (Wildman–Crippen LogP) is 10.1. The Morgan fingerprint density at radius 2 is 1.00 bits per heavy atom. The molecule has 3 nitrogen and oxygen atoms in total. The summed E-state index contributed by atoms with van der Waals surface area (Å²) in [6.07, 6.45) is 0. The summed E-state index contributed by atoms with van der Waals surface area (Å²) in [6, 6.07) is 54.0. The fourth-order valence-corrected chi connectivity index (χ4v) is 6.75. The molecule has 0 saturated heterocycles. The molecule has 0 bridgehead atoms. The van der Waals surface area contributed by atoms with Crippen LogP contribution in [0.1, 0.15) is 0 Å². The minimum atomic E-state index is 0.950. The molecule has 3 aromatic heterocycles. The quantitative estimate of drug-likeness (QED) is 0.206.